The van der Waals surface area contributed by atoms with Gasteiger partial charge in [0.1, 0.15) is 12.4 Å². The van der Waals surface area contributed by atoms with E-state index in [1.165, 1.54) is 35.6 Å². The SMILES string of the molecule is CNC[C@@H]1CCc2ccc(OCCNS(=O)(=O)c3cn(C)cn3)cc2[C@@H]1Cc1ccccc1. The normalized spacial score (nSPS) is 18.1. The first-order chi connectivity index (χ1) is 16.0. The molecular weight excluding hydrogens is 436 g/mol. The van der Waals surface area contributed by atoms with Crippen molar-refractivity contribution in [2.45, 2.75) is 30.2 Å². The number of rotatable bonds is 10. The van der Waals surface area contributed by atoms with Gasteiger partial charge in [-0.1, -0.05) is 36.4 Å². The summed E-state index contributed by atoms with van der Waals surface area (Å²) in [5.74, 6) is 1.74. The van der Waals surface area contributed by atoms with Gasteiger partial charge in [-0.25, -0.2) is 18.1 Å². The Morgan fingerprint density at radius 3 is 2.73 bits per heavy atom. The third kappa shape index (κ3) is 5.82. The highest BCUT2D eigenvalue weighted by molar-refractivity contribution is 7.89. The first-order valence-corrected chi connectivity index (χ1v) is 12.9. The van der Waals surface area contributed by atoms with Crippen molar-refractivity contribution in [1.82, 2.24) is 19.6 Å². The zero-order chi connectivity index (χ0) is 23.3. The molecule has 0 spiro atoms. The van der Waals surface area contributed by atoms with Crippen LogP contribution in [0.4, 0.5) is 0 Å². The Balaban J connectivity index is 1.43. The van der Waals surface area contributed by atoms with E-state index in [0.717, 1.165) is 25.1 Å². The third-order valence-corrected chi connectivity index (χ3v) is 7.60. The number of hydrogen-bond acceptors (Lipinski definition) is 5. The largest absolute Gasteiger partial charge is 0.492 e. The molecule has 1 aromatic heterocycles. The molecule has 2 atom stereocenters. The zero-order valence-corrected chi connectivity index (χ0v) is 20.0. The standard InChI is InChI=1S/C25H32N4O3S/c1-26-16-21-9-8-20-10-11-22(15-24(20)23(21)14-19-6-4-3-5-7-19)32-13-12-28-33(30,31)25-17-29(2)18-27-25/h3-7,10-11,15,17-18,21,23,26,28H,8-9,12-14,16H2,1-2H3/t21-,23+/m0/s1. The summed E-state index contributed by atoms with van der Waals surface area (Å²) in [6, 6.07) is 16.9. The summed E-state index contributed by atoms with van der Waals surface area (Å²) in [5, 5.41) is 3.38. The van der Waals surface area contributed by atoms with Gasteiger partial charge in [-0.05, 0) is 73.5 Å². The van der Waals surface area contributed by atoms with Gasteiger partial charge < -0.3 is 14.6 Å². The molecule has 3 aromatic rings. The lowest BCUT2D eigenvalue weighted by molar-refractivity contribution is 0.318. The van der Waals surface area contributed by atoms with Crippen LogP contribution in [0.15, 0.2) is 66.1 Å². The maximum absolute atomic E-state index is 12.3. The van der Waals surface area contributed by atoms with Gasteiger partial charge in [-0.3, -0.25) is 0 Å². The minimum absolute atomic E-state index is 0.0121. The topological polar surface area (TPSA) is 85.3 Å². The lowest BCUT2D eigenvalue weighted by Crippen LogP contribution is -2.30. The van der Waals surface area contributed by atoms with Crippen molar-refractivity contribution in [2.75, 3.05) is 26.7 Å². The van der Waals surface area contributed by atoms with Crippen molar-refractivity contribution in [1.29, 1.82) is 0 Å². The van der Waals surface area contributed by atoms with Crippen LogP contribution in [0.5, 0.6) is 5.75 Å². The molecule has 0 fully saturated rings. The molecule has 0 saturated carbocycles. The fraction of sp³-hybridized carbons (Fsp3) is 0.400. The molecule has 33 heavy (non-hydrogen) atoms. The van der Waals surface area contributed by atoms with Crippen molar-refractivity contribution >= 4 is 10.0 Å². The second-order valence-corrected chi connectivity index (χ2v) is 10.4. The number of nitrogens with zero attached hydrogens (tertiary/aromatic N) is 2. The highest BCUT2D eigenvalue weighted by Gasteiger charge is 2.29. The van der Waals surface area contributed by atoms with Crippen LogP contribution in [0, 0.1) is 5.92 Å². The Kier molecular flexibility index (Phi) is 7.47. The lowest BCUT2D eigenvalue weighted by Gasteiger charge is -2.34. The highest BCUT2D eigenvalue weighted by Crippen LogP contribution is 2.40. The Bertz CT molecular complexity index is 1160. The summed E-state index contributed by atoms with van der Waals surface area (Å²) in [5.41, 5.74) is 4.06. The summed E-state index contributed by atoms with van der Waals surface area (Å²) in [6.45, 7) is 1.40. The van der Waals surface area contributed by atoms with Crippen molar-refractivity contribution < 1.29 is 13.2 Å². The van der Waals surface area contributed by atoms with Gasteiger partial charge in [0.15, 0.2) is 5.03 Å². The minimum atomic E-state index is -3.63. The monoisotopic (exact) mass is 468 g/mol. The molecule has 0 aliphatic heterocycles. The molecule has 8 heteroatoms. The molecule has 176 valence electrons. The molecule has 1 heterocycles. The quantitative estimate of drug-likeness (QED) is 0.447. The van der Waals surface area contributed by atoms with E-state index in [1.54, 1.807) is 11.6 Å². The van der Waals surface area contributed by atoms with Gasteiger partial charge >= 0.3 is 0 Å². The number of benzene rings is 2. The van der Waals surface area contributed by atoms with E-state index >= 15 is 0 Å². The van der Waals surface area contributed by atoms with Crippen LogP contribution in [-0.4, -0.2) is 44.7 Å². The fourth-order valence-corrected chi connectivity index (χ4v) is 5.62. The van der Waals surface area contributed by atoms with E-state index in [0.29, 0.717) is 11.8 Å². The second kappa shape index (κ2) is 10.5. The average molecular weight is 469 g/mol. The van der Waals surface area contributed by atoms with Crippen LogP contribution in [0.25, 0.3) is 0 Å². The number of sulfonamides is 1. The maximum atomic E-state index is 12.3. The van der Waals surface area contributed by atoms with Crippen LogP contribution < -0.4 is 14.8 Å². The molecule has 0 bridgehead atoms. The molecule has 7 nitrogen and oxygen atoms in total. The number of nitrogens with one attached hydrogen (secondary N) is 2. The molecule has 0 amide bonds. The molecule has 0 unspecified atom stereocenters. The molecule has 0 saturated heterocycles. The molecular formula is C25H32N4O3S. The Labute approximate surface area is 196 Å². The summed E-state index contributed by atoms with van der Waals surface area (Å²) in [7, 11) is 0.114. The predicted molar refractivity (Wildman–Crippen MR) is 129 cm³/mol. The van der Waals surface area contributed by atoms with Crippen LogP contribution in [0.3, 0.4) is 0 Å². The average Bonchev–Trinajstić information content (AvgIpc) is 3.26. The molecule has 4 rings (SSSR count). The van der Waals surface area contributed by atoms with Gasteiger partial charge in [0.25, 0.3) is 10.0 Å². The summed E-state index contributed by atoms with van der Waals surface area (Å²) in [6.07, 6.45) is 6.16. The summed E-state index contributed by atoms with van der Waals surface area (Å²) >= 11 is 0. The van der Waals surface area contributed by atoms with Crippen LogP contribution in [0.2, 0.25) is 0 Å². The Morgan fingerprint density at radius 1 is 1.18 bits per heavy atom. The number of ether oxygens (including phenoxy) is 1. The van der Waals surface area contributed by atoms with Gasteiger partial charge in [0.2, 0.25) is 0 Å². The number of fused-ring (bicyclic) bond motifs is 1. The number of hydrogen-bond donors (Lipinski definition) is 2. The highest BCUT2D eigenvalue weighted by atomic mass is 32.2. The molecule has 1 aliphatic rings. The fourth-order valence-electron chi connectivity index (χ4n) is 4.63. The first-order valence-electron chi connectivity index (χ1n) is 11.4. The van der Waals surface area contributed by atoms with E-state index in [4.69, 9.17) is 4.74 Å². The molecule has 1 aliphatic carbocycles. The zero-order valence-electron chi connectivity index (χ0n) is 19.2. The summed E-state index contributed by atoms with van der Waals surface area (Å²) in [4.78, 5) is 3.90. The van der Waals surface area contributed by atoms with E-state index in [2.05, 4.69) is 57.5 Å². The van der Waals surface area contributed by atoms with E-state index in [9.17, 15) is 8.42 Å². The molecule has 2 N–H and O–H groups in total. The van der Waals surface area contributed by atoms with Crippen molar-refractivity contribution in [2.24, 2.45) is 13.0 Å². The van der Waals surface area contributed by atoms with E-state index < -0.39 is 10.0 Å². The van der Waals surface area contributed by atoms with Gasteiger partial charge in [-0.2, -0.15) is 0 Å². The predicted octanol–water partition coefficient (Wildman–Crippen LogP) is 2.89. The summed E-state index contributed by atoms with van der Waals surface area (Å²) < 4.78 is 34.7. The van der Waals surface area contributed by atoms with Crippen molar-refractivity contribution in [3.8, 4) is 5.75 Å². The van der Waals surface area contributed by atoms with E-state index in [-0.39, 0.29) is 18.2 Å². The molecule has 2 aromatic carbocycles. The van der Waals surface area contributed by atoms with Crippen LogP contribution in [-0.2, 0) is 29.9 Å². The van der Waals surface area contributed by atoms with Gasteiger partial charge in [-0.15, -0.1) is 0 Å². The smallest absolute Gasteiger partial charge is 0.259 e. The van der Waals surface area contributed by atoms with Gasteiger partial charge in [0.05, 0.1) is 6.33 Å². The molecule has 0 radical (unpaired) electrons. The Morgan fingerprint density at radius 2 is 2.00 bits per heavy atom. The van der Waals surface area contributed by atoms with Crippen LogP contribution in [0.1, 0.15) is 29.0 Å². The van der Waals surface area contributed by atoms with Gasteiger partial charge in [0, 0.05) is 19.8 Å². The van der Waals surface area contributed by atoms with Crippen molar-refractivity contribution in [3.63, 3.8) is 0 Å². The van der Waals surface area contributed by atoms with Crippen LogP contribution >= 0.6 is 0 Å². The maximum Gasteiger partial charge on any atom is 0.259 e. The third-order valence-electron chi connectivity index (χ3n) is 6.25. The van der Waals surface area contributed by atoms with E-state index in [1.807, 2.05) is 13.1 Å². The second-order valence-electron chi connectivity index (χ2n) is 8.64. The minimum Gasteiger partial charge on any atom is -0.492 e. The number of aryl methyl sites for hydroxylation is 2. The number of aromatic nitrogens is 2. The van der Waals surface area contributed by atoms with Crippen molar-refractivity contribution in [3.05, 3.63) is 77.7 Å². The lowest BCUT2D eigenvalue weighted by atomic mass is 9.72. The number of imidazole rings is 1. The Hall–Kier alpha value is -2.68. The first kappa shape index (κ1) is 23.5.